The Morgan fingerprint density at radius 3 is 2.29 bits per heavy atom. The molecule has 0 saturated heterocycles. The van der Waals surface area contributed by atoms with E-state index in [9.17, 15) is 15.2 Å². The van der Waals surface area contributed by atoms with Gasteiger partial charge in [0, 0.05) is 24.5 Å². The van der Waals surface area contributed by atoms with Crippen LogP contribution in [0.4, 0.5) is 0 Å². The highest BCUT2D eigenvalue weighted by atomic mass is 32.1. The van der Waals surface area contributed by atoms with Gasteiger partial charge in [-0.2, -0.15) is 17.4 Å². The van der Waals surface area contributed by atoms with E-state index in [4.69, 9.17) is 0 Å². The maximum Gasteiger partial charge on any atom is 0.411 e. The van der Waals surface area contributed by atoms with Gasteiger partial charge in [-0.1, -0.05) is 12.1 Å². The van der Waals surface area contributed by atoms with E-state index < -0.39 is 11.2 Å². The Hall–Kier alpha value is -2.87. The molecule has 0 aliphatic rings. The topological polar surface area (TPSA) is 93.1 Å². The van der Waals surface area contributed by atoms with Crippen LogP contribution in [0.15, 0.2) is 48.8 Å². The lowest BCUT2D eigenvalue weighted by atomic mass is 10.1. The van der Waals surface area contributed by atoms with Crippen molar-refractivity contribution in [2.75, 3.05) is 7.11 Å². The molecule has 0 N–H and O–H groups in total. The summed E-state index contributed by atoms with van der Waals surface area (Å²) in [5, 5.41) is 24.7. The number of hydrogen-bond acceptors (Lipinski definition) is 6. The van der Waals surface area contributed by atoms with Crippen LogP contribution in [-0.4, -0.2) is 18.1 Å². The molecular weight excluding hydrogens is 330 g/mol. The zero-order valence-electron chi connectivity index (χ0n) is 12.6. The second-order valence-electron chi connectivity index (χ2n) is 4.99. The zero-order chi connectivity index (χ0) is 17.3. The normalized spacial score (nSPS) is 12.1. The highest BCUT2D eigenvalue weighted by Gasteiger charge is 2.38. The maximum atomic E-state index is 12.8. The number of para-hydroxylation sites is 2. The smallest absolute Gasteiger partial charge is 0.411 e. The molecule has 1 unspecified atom stereocenters. The van der Waals surface area contributed by atoms with Crippen LogP contribution in [0.3, 0.4) is 0 Å². The predicted molar refractivity (Wildman–Crippen MR) is 88.3 cm³/mol. The maximum absolute atomic E-state index is 12.8. The number of benzene rings is 1. The molecule has 0 aliphatic carbocycles. The van der Waals surface area contributed by atoms with Gasteiger partial charge in [-0.05, 0) is 17.7 Å². The minimum absolute atomic E-state index is 0.0758. The number of carbonyl (C=O) groups excluding carboxylic acids is 1. The highest BCUT2D eigenvalue weighted by molar-refractivity contribution is 7.80. The number of methoxy groups -OCH3 is 1. The van der Waals surface area contributed by atoms with Gasteiger partial charge >= 0.3 is 11.7 Å². The Morgan fingerprint density at radius 2 is 1.71 bits per heavy atom. The second-order valence-corrected chi connectivity index (χ2v) is 5.50. The first kappa shape index (κ1) is 16.0. The summed E-state index contributed by atoms with van der Waals surface area (Å²) < 4.78 is 5.65. The molecule has 7 nitrogen and oxygen atoms in total. The van der Waals surface area contributed by atoms with E-state index in [2.05, 4.69) is 22.3 Å². The highest BCUT2D eigenvalue weighted by Crippen LogP contribution is 2.28. The van der Waals surface area contributed by atoms with Crippen molar-refractivity contribution in [2.24, 2.45) is 0 Å². The predicted octanol–water partition coefficient (Wildman–Crippen LogP) is 1.31. The Labute approximate surface area is 142 Å². The molecule has 8 heteroatoms. The van der Waals surface area contributed by atoms with Crippen molar-refractivity contribution in [1.82, 2.24) is 4.98 Å². The fourth-order valence-electron chi connectivity index (χ4n) is 2.49. The van der Waals surface area contributed by atoms with E-state index in [0.717, 1.165) is 7.11 Å². The fraction of sp³-hybridized carbons (Fsp3) is 0.125. The molecule has 0 radical (unpaired) electrons. The van der Waals surface area contributed by atoms with Gasteiger partial charge in [0.2, 0.25) is 0 Å². The fourth-order valence-corrected chi connectivity index (χ4v) is 2.89. The molecule has 0 spiro atoms. The van der Waals surface area contributed by atoms with Gasteiger partial charge in [0.25, 0.3) is 16.7 Å². The van der Waals surface area contributed by atoms with E-state index in [1.54, 1.807) is 24.3 Å². The summed E-state index contributed by atoms with van der Waals surface area (Å²) >= 11 is 4.45. The summed E-state index contributed by atoms with van der Waals surface area (Å²) in [6.45, 7) is 0. The van der Waals surface area contributed by atoms with Gasteiger partial charge in [0.1, 0.15) is 5.25 Å². The lowest BCUT2D eigenvalue weighted by molar-refractivity contribution is -0.636. The Kier molecular flexibility index (Phi) is 4.22. The molecule has 122 valence electrons. The first-order valence-electron chi connectivity index (χ1n) is 7.00. The van der Waals surface area contributed by atoms with Crippen LogP contribution in [0.2, 0.25) is 0 Å². The lowest BCUT2D eigenvalue weighted by Gasteiger charge is -2.15. The third-order valence-electron chi connectivity index (χ3n) is 3.64. The SMILES string of the molecule is COC(=O)c1c(C(S)c2ccncc2)[n+]([O-])c2ccccc2[n+]1[O-]. The summed E-state index contributed by atoms with van der Waals surface area (Å²) in [4.78, 5) is 16.1. The monoisotopic (exact) mass is 343 g/mol. The van der Waals surface area contributed by atoms with Crippen molar-refractivity contribution >= 4 is 29.6 Å². The average molecular weight is 343 g/mol. The van der Waals surface area contributed by atoms with Crippen molar-refractivity contribution in [3.63, 3.8) is 0 Å². The molecule has 0 saturated carbocycles. The van der Waals surface area contributed by atoms with E-state index in [-0.39, 0.29) is 22.4 Å². The van der Waals surface area contributed by atoms with Gasteiger partial charge in [-0.25, -0.2) is 4.79 Å². The number of pyridine rings is 1. The molecule has 0 amide bonds. The van der Waals surface area contributed by atoms with E-state index >= 15 is 0 Å². The van der Waals surface area contributed by atoms with Crippen molar-refractivity contribution in [1.29, 1.82) is 0 Å². The summed E-state index contributed by atoms with van der Waals surface area (Å²) in [6.07, 6.45) is 3.08. The van der Waals surface area contributed by atoms with Gasteiger partial charge in [0.05, 0.1) is 7.11 Å². The third-order valence-corrected chi connectivity index (χ3v) is 4.19. The lowest BCUT2D eigenvalue weighted by Crippen LogP contribution is -2.48. The van der Waals surface area contributed by atoms with Crippen LogP contribution < -0.4 is 9.46 Å². The number of fused-ring (bicyclic) bond motifs is 1. The summed E-state index contributed by atoms with van der Waals surface area (Å²) in [7, 11) is 1.15. The minimum Gasteiger partial charge on any atom is -0.618 e. The van der Waals surface area contributed by atoms with E-state index in [1.165, 1.54) is 24.5 Å². The van der Waals surface area contributed by atoms with Crippen LogP contribution in [-0.2, 0) is 4.74 Å². The van der Waals surface area contributed by atoms with Crippen molar-refractivity contribution in [2.45, 2.75) is 5.25 Å². The standard InChI is InChI=1S/C16H13N3O4S/c1-23-16(20)14-13(15(24)10-6-8-17-9-7-10)18(21)11-4-2-3-5-12(11)19(14)22/h2-9,15,24H,1H3. The molecule has 0 aliphatic heterocycles. The third kappa shape index (κ3) is 2.50. The summed E-state index contributed by atoms with van der Waals surface area (Å²) in [5.74, 6) is -0.900. The molecule has 2 aromatic heterocycles. The van der Waals surface area contributed by atoms with Gasteiger partial charge in [-0.15, -0.1) is 4.73 Å². The molecule has 2 heterocycles. The number of aromatic nitrogens is 3. The molecule has 1 aromatic carbocycles. The number of ether oxygens (including phenoxy) is 1. The van der Waals surface area contributed by atoms with Crippen LogP contribution in [0.1, 0.15) is 27.0 Å². The first-order valence-corrected chi connectivity index (χ1v) is 7.52. The van der Waals surface area contributed by atoms with Crippen LogP contribution >= 0.6 is 12.6 Å². The minimum atomic E-state index is -0.900. The van der Waals surface area contributed by atoms with Gasteiger partial charge in [0.15, 0.2) is 0 Å². The molecule has 3 aromatic rings. The van der Waals surface area contributed by atoms with Gasteiger partial charge in [-0.3, -0.25) is 4.98 Å². The number of thiol groups is 1. The molecule has 0 fully saturated rings. The summed E-state index contributed by atoms with van der Waals surface area (Å²) in [5.41, 5.74) is 0.363. The van der Waals surface area contributed by atoms with Crippen molar-refractivity contribution in [3.05, 3.63) is 76.2 Å². The van der Waals surface area contributed by atoms with E-state index in [1.807, 2.05) is 0 Å². The quantitative estimate of drug-likeness (QED) is 0.335. The Morgan fingerprint density at radius 1 is 1.12 bits per heavy atom. The zero-order valence-corrected chi connectivity index (χ0v) is 13.5. The molecule has 24 heavy (non-hydrogen) atoms. The number of carbonyl (C=O) groups is 1. The van der Waals surface area contributed by atoms with Crippen molar-refractivity contribution < 1.29 is 19.0 Å². The summed E-state index contributed by atoms with van der Waals surface area (Å²) in [6, 6.07) is 9.53. The van der Waals surface area contributed by atoms with Crippen molar-refractivity contribution in [3.8, 4) is 0 Å². The number of rotatable bonds is 3. The van der Waals surface area contributed by atoms with Crippen LogP contribution in [0, 0.1) is 10.4 Å². The Balaban J connectivity index is 2.37. The van der Waals surface area contributed by atoms with Crippen LogP contribution in [0.25, 0.3) is 11.0 Å². The molecular formula is C16H13N3O4S. The number of hydrogen-bond donors (Lipinski definition) is 1. The van der Waals surface area contributed by atoms with Crippen LogP contribution in [0.5, 0.6) is 0 Å². The number of esters is 1. The van der Waals surface area contributed by atoms with Gasteiger partial charge < -0.3 is 15.2 Å². The average Bonchev–Trinajstić information content (AvgIpc) is 2.64. The molecule has 0 bridgehead atoms. The Bertz CT molecular complexity index is 918. The second kappa shape index (κ2) is 6.32. The largest absolute Gasteiger partial charge is 0.618 e. The first-order chi connectivity index (χ1) is 11.6. The number of nitrogens with zero attached hydrogens (tertiary/aromatic N) is 3. The molecule has 3 rings (SSSR count). The molecule has 1 atom stereocenters. The van der Waals surface area contributed by atoms with E-state index in [0.29, 0.717) is 15.0 Å².